The first-order chi connectivity index (χ1) is 13.6. The van der Waals surface area contributed by atoms with E-state index >= 15 is 0 Å². The van der Waals surface area contributed by atoms with Crippen LogP contribution in [0.3, 0.4) is 0 Å². The number of hydrogen-bond acceptors (Lipinski definition) is 5. The Labute approximate surface area is 172 Å². The van der Waals surface area contributed by atoms with Crippen molar-refractivity contribution >= 4 is 11.9 Å². The van der Waals surface area contributed by atoms with Crippen LogP contribution in [0.2, 0.25) is 0 Å². The van der Waals surface area contributed by atoms with E-state index in [0.717, 1.165) is 44.9 Å². The van der Waals surface area contributed by atoms with Gasteiger partial charge in [0, 0.05) is 12.8 Å². The van der Waals surface area contributed by atoms with Gasteiger partial charge in [0.05, 0.1) is 6.61 Å². The third-order valence-corrected chi connectivity index (χ3v) is 4.90. The highest BCUT2D eigenvalue weighted by Gasteiger charge is 2.15. The first kappa shape index (κ1) is 26.9. The van der Waals surface area contributed by atoms with E-state index in [-0.39, 0.29) is 25.2 Å². The molecule has 0 spiro atoms. The summed E-state index contributed by atoms with van der Waals surface area (Å²) in [4.78, 5) is 23.5. The highest BCUT2D eigenvalue weighted by molar-refractivity contribution is 5.70. The van der Waals surface area contributed by atoms with Gasteiger partial charge < -0.3 is 14.6 Å². The van der Waals surface area contributed by atoms with Crippen LogP contribution < -0.4 is 0 Å². The second-order valence-electron chi connectivity index (χ2n) is 7.72. The summed E-state index contributed by atoms with van der Waals surface area (Å²) in [6.07, 6.45) is 16.2. The fourth-order valence-corrected chi connectivity index (χ4v) is 3.08. The Morgan fingerprint density at radius 1 is 0.679 bits per heavy atom. The van der Waals surface area contributed by atoms with Gasteiger partial charge in [-0.1, -0.05) is 90.9 Å². The predicted octanol–water partition coefficient (Wildman–Crippen LogP) is 5.72. The van der Waals surface area contributed by atoms with Crippen LogP contribution >= 0.6 is 0 Å². The Morgan fingerprint density at radius 2 is 1.11 bits per heavy atom. The van der Waals surface area contributed by atoms with E-state index in [9.17, 15) is 14.7 Å². The number of ether oxygens (including phenoxy) is 2. The Morgan fingerprint density at radius 3 is 1.61 bits per heavy atom. The smallest absolute Gasteiger partial charge is 0.306 e. The van der Waals surface area contributed by atoms with Gasteiger partial charge in [0.15, 0.2) is 6.10 Å². The number of carbonyl (C=O) groups is 2. The molecule has 166 valence electrons. The van der Waals surface area contributed by atoms with E-state index in [4.69, 9.17) is 9.47 Å². The van der Waals surface area contributed by atoms with Gasteiger partial charge in [-0.15, -0.1) is 0 Å². The minimum Gasteiger partial charge on any atom is -0.462 e. The van der Waals surface area contributed by atoms with Crippen molar-refractivity contribution in [3.63, 3.8) is 0 Å². The molecular formula is C23H44O5. The molecule has 0 rings (SSSR count). The molecule has 0 aromatic carbocycles. The van der Waals surface area contributed by atoms with Gasteiger partial charge in [-0.2, -0.15) is 0 Å². The summed E-state index contributed by atoms with van der Waals surface area (Å²) in [6, 6.07) is 0. The fraction of sp³-hybridized carbons (Fsp3) is 0.913. The molecule has 1 N–H and O–H groups in total. The molecule has 0 saturated carbocycles. The number of rotatable bonds is 20. The van der Waals surface area contributed by atoms with Gasteiger partial charge in [-0.3, -0.25) is 9.59 Å². The summed E-state index contributed by atoms with van der Waals surface area (Å²) in [5.74, 6) is -0.613. The fourth-order valence-electron chi connectivity index (χ4n) is 3.08. The Bertz CT molecular complexity index is 370. The number of carbonyl (C=O) groups excluding carboxylic acids is 2. The molecule has 0 aliphatic rings. The van der Waals surface area contributed by atoms with E-state index in [1.807, 2.05) is 0 Å². The molecule has 28 heavy (non-hydrogen) atoms. The van der Waals surface area contributed by atoms with Gasteiger partial charge in [-0.05, 0) is 12.8 Å². The van der Waals surface area contributed by atoms with Crippen molar-refractivity contribution in [1.82, 2.24) is 0 Å². The molecule has 0 fully saturated rings. The van der Waals surface area contributed by atoms with Crippen LogP contribution in [0.4, 0.5) is 0 Å². The van der Waals surface area contributed by atoms with E-state index in [1.165, 1.54) is 44.9 Å². The van der Waals surface area contributed by atoms with Gasteiger partial charge in [-0.25, -0.2) is 0 Å². The maximum absolute atomic E-state index is 11.9. The molecule has 0 saturated heterocycles. The topological polar surface area (TPSA) is 72.8 Å². The molecule has 0 aliphatic heterocycles. The Balaban J connectivity index is 3.62. The lowest BCUT2D eigenvalue weighted by atomic mass is 10.1. The molecule has 1 unspecified atom stereocenters. The standard InChI is InChI=1S/C23H44O5/c1-3-5-7-9-10-11-12-13-14-16-18-23(26)28-21(19-24)20-27-22(25)17-15-8-6-4-2/h21,24H,3-20H2,1-2H3. The summed E-state index contributed by atoms with van der Waals surface area (Å²) in [5, 5.41) is 9.31. The van der Waals surface area contributed by atoms with Crippen molar-refractivity contribution in [2.45, 2.75) is 123 Å². The lowest BCUT2D eigenvalue weighted by Gasteiger charge is -2.15. The maximum Gasteiger partial charge on any atom is 0.306 e. The lowest BCUT2D eigenvalue weighted by Crippen LogP contribution is -2.28. The first-order valence-corrected chi connectivity index (χ1v) is 11.6. The van der Waals surface area contributed by atoms with Crippen LogP contribution in [0.25, 0.3) is 0 Å². The van der Waals surface area contributed by atoms with Gasteiger partial charge >= 0.3 is 11.9 Å². The highest BCUT2D eigenvalue weighted by atomic mass is 16.6. The van der Waals surface area contributed by atoms with E-state index < -0.39 is 6.10 Å². The number of hydrogen-bond donors (Lipinski definition) is 1. The van der Waals surface area contributed by atoms with E-state index in [0.29, 0.717) is 12.8 Å². The number of esters is 2. The molecule has 1 atom stereocenters. The quantitative estimate of drug-likeness (QED) is 0.209. The predicted molar refractivity (Wildman–Crippen MR) is 113 cm³/mol. The van der Waals surface area contributed by atoms with Crippen LogP contribution in [0, 0.1) is 0 Å². The molecule has 0 aliphatic carbocycles. The average Bonchev–Trinajstić information content (AvgIpc) is 2.69. The average molecular weight is 401 g/mol. The van der Waals surface area contributed by atoms with Crippen LogP contribution in [0.5, 0.6) is 0 Å². The van der Waals surface area contributed by atoms with Crippen molar-refractivity contribution in [3.05, 3.63) is 0 Å². The summed E-state index contributed by atoms with van der Waals surface area (Å²) in [7, 11) is 0. The minimum absolute atomic E-state index is 0.0626. The van der Waals surface area contributed by atoms with E-state index in [2.05, 4.69) is 13.8 Å². The first-order valence-electron chi connectivity index (χ1n) is 11.6. The third kappa shape index (κ3) is 18.3. The SMILES string of the molecule is CCCCCCCCCCCCC(=O)OC(CO)COC(=O)CCCCCC. The zero-order chi connectivity index (χ0) is 20.9. The number of aliphatic hydroxyl groups excluding tert-OH is 1. The molecule has 0 aromatic heterocycles. The Hall–Kier alpha value is -1.10. The molecule has 0 radical (unpaired) electrons. The van der Waals surface area contributed by atoms with Crippen LogP contribution in [0.1, 0.15) is 117 Å². The number of unbranched alkanes of at least 4 members (excludes halogenated alkanes) is 12. The molecule has 0 heterocycles. The van der Waals surface area contributed by atoms with Crippen LogP contribution in [-0.2, 0) is 19.1 Å². The molecule has 0 aromatic rings. The second kappa shape index (κ2) is 20.6. The molecule has 0 amide bonds. The second-order valence-corrected chi connectivity index (χ2v) is 7.72. The van der Waals surface area contributed by atoms with Crippen molar-refractivity contribution in [2.24, 2.45) is 0 Å². The Kier molecular flexibility index (Phi) is 19.8. The van der Waals surface area contributed by atoms with Gasteiger partial charge in [0.1, 0.15) is 6.61 Å². The zero-order valence-corrected chi connectivity index (χ0v) is 18.4. The summed E-state index contributed by atoms with van der Waals surface area (Å²) < 4.78 is 10.3. The molecular weight excluding hydrogens is 356 g/mol. The van der Waals surface area contributed by atoms with Gasteiger partial charge in [0.2, 0.25) is 0 Å². The van der Waals surface area contributed by atoms with Crippen LogP contribution in [-0.4, -0.2) is 36.4 Å². The molecule has 0 bridgehead atoms. The lowest BCUT2D eigenvalue weighted by molar-refractivity contribution is -0.161. The normalized spacial score (nSPS) is 12.0. The summed E-state index contributed by atoms with van der Waals surface area (Å²) >= 11 is 0. The molecule has 5 nitrogen and oxygen atoms in total. The maximum atomic E-state index is 11.9. The third-order valence-electron chi connectivity index (χ3n) is 4.90. The van der Waals surface area contributed by atoms with E-state index in [1.54, 1.807) is 0 Å². The van der Waals surface area contributed by atoms with Crippen molar-refractivity contribution < 1.29 is 24.2 Å². The monoisotopic (exact) mass is 400 g/mol. The number of aliphatic hydroxyl groups is 1. The van der Waals surface area contributed by atoms with Crippen molar-refractivity contribution in [3.8, 4) is 0 Å². The largest absolute Gasteiger partial charge is 0.462 e. The minimum atomic E-state index is -0.754. The zero-order valence-electron chi connectivity index (χ0n) is 18.4. The highest BCUT2D eigenvalue weighted by Crippen LogP contribution is 2.12. The summed E-state index contributed by atoms with van der Waals surface area (Å²) in [6.45, 7) is 3.96. The van der Waals surface area contributed by atoms with Crippen molar-refractivity contribution in [1.29, 1.82) is 0 Å². The summed E-state index contributed by atoms with van der Waals surface area (Å²) in [5.41, 5.74) is 0. The van der Waals surface area contributed by atoms with Crippen LogP contribution in [0.15, 0.2) is 0 Å². The molecule has 5 heteroatoms. The van der Waals surface area contributed by atoms with Crippen molar-refractivity contribution in [2.75, 3.05) is 13.2 Å². The van der Waals surface area contributed by atoms with Gasteiger partial charge in [0.25, 0.3) is 0 Å².